The second kappa shape index (κ2) is 12.3. The molecule has 2 N–H and O–H groups in total. The lowest BCUT2D eigenvalue weighted by atomic mass is 9.70. The third kappa shape index (κ3) is 8.16. The van der Waals surface area contributed by atoms with Crippen molar-refractivity contribution in [3.8, 4) is 0 Å². The highest BCUT2D eigenvalue weighted by molar-refractivity contribution is 5.79. The first-order valence-corrected chi connectivity index (χ1v) is 13.3. The molecule has 2 rings (SSSR count). The van der Waals surface area contributed by atoms with Crippen LogP contribution < -0.4 is 10.9 Å². The molecule has 0 saturated heterocycles. The summed E-state index contributed by atoms with van der Waals surface area (Å²) in [6.07, 6.45) is 12.1. The van der Waals surface area contributed by atoms with Crippen molar-refractivity contribution in [2.75, 3.05) is 0 Å². The van der Waals surface area contributed by atoms with Crippen LogP contribution in [0, 0.1) is 16.7 Å². The highest BCUT2D eigenvalue weighted by Crippen LogP contribution is 2.66. The zero-order valence-corrected chi connectivity index (χ0v) is 22.4. The van der Waals surface area contributed by atoms with E-state index in [4.69, 9.17) is 9.47 Å². The number of ether oxygens (including phenoxy) is 2. The predicted octanol–water partition coefficient (Wildman–Crippen LogP) is 6.20. The van der Waals surface area contributed by atoms with Crippen LogP contribution in [0.25, 0.3) is 0 Å². The molecule has 196 valence electrons. The van der Waals surface area contributed by atoms with Crippen LogP contribution in [0.4, 0.5) is 4.79 Å². The van der Waals surface area contributed by atoms with Gasteiger partial charge in [0.25, 0.3) is 0 Å². The van der Waals surface area contributed by atoms with Crippen molar-refractivity contribution in [2.45, 2.75) is 137 Å². The Labute approximate surface area is 206 Å². The van der Waals surface area contributed by atoms with Gasteiger partial charge in [0, 0.05) is 18.3 Å². The molecule has 0 aromatic rings. The molecule has 2 amide bonds. The van der Waals surface area contributed by atoms with Gasteiger partial charge in [0.05, 0.1) is 0 Å². The van der Waals surface area contributed by atoms with E-state index in [1.165, 1.54) is 12.8 Å². The summed E-state index contributed by atoms with van der Waals surface area (Å²) in [6, 6.07) is 0. The molecular weight excluding hydrogens is 432 g/mol. The van der Waals surface area contributed by atoms with Gasteiger partial charge in [-0.05, 0) is 64.2 Å². The van der Waals surface area contributed by atoms with E-state index in [9.17, 15) is 14.4 Å². The number of fused-ring (bicyclic) bond motifs is 2. The molecule has 0 unspecified atom stereocenters. The summed E-state index contributed by atoms with van der Waals surface area (Å²) in [7, 11) is 0. The van der Waals surface area contributed by atoms with E-state index in [2.05, 4.69) is 31.6 Å². The van der Waals surface area contributed by atoms with Gasteiger partial charge < -0.3 is 9.47 Å². The molecule has 3 atom stereocenters. The number of rotatable bonds is 12. The standard InChI is InChI=1S/C27H48N2O5/c1-25(2,3)34-24(32)29-28-22(30)15-13-11-9-7-8-10-12-14-16-23(31)33-21-19-20-17-18-27(21,6)26(20,4)5/h20-21H,7-19H2,1-6H3,(H,28,30)(H,29,32)/t20-,21+,27+/m0/s1. The second-order valence-electron chi connectivity index (χ2n) is 12.1. The Morgan fingerprint density at radius 1 is 0.853 bits per heavy atom. The molecule has 7 nitrogen and oxygen atoms in total. The maximum absolute atomic E-state index is 12.4. The van der Waals surface area contributed by atoms with E-state index < -0.39 is 11.7 Å². The van der Waals surface area contributed by atoms with Crippen LogP contribution in [0.5, 0.6) is 0 Å². The van der Waals surface area contributed by atoms with Crippen molar-refractivity contribution >= 4 is 18.0 Å². The van der Waals surface area contributed by atoms with E-state index in [0.29, 0.717) is 18.8 Å². The molecule has 2 aliphatic carbocycles. The Kier molecular flexibility index (Phi) is 10.3. The van der Waals surface area contributed by atoms with Crippen LogP contribution in [-0.2, 0) is 19.1 Å². The zero-order chi connectivity index (χ0) is 25.4. The molecule has 0 aromatic heterocycles. The van der Waals surface area contributed by atoms with Crippen LogP contribution in [0.2, 0.25) is 0 Å². The van der Waals surface area contributed by atoms with Crippen LogP contribution in [0.15, 0.2) is 0 Å². The van der Waals surface area contributed by atoms with Gasteiger partial charge >= 0.3 is 12.1 Å². The molecule has 0 radical (unpaired) electrons. The first-order valence-electron chi connectivity index (χ1n) is 13.3. The molecule has 0 aliphatic heterocycles. The first-order chi connectivity index (χ1) is 15.8. The van der Waals surface area contributed by atoms with E-state index in [1.807, 2.05) is 0 Å². The Hall–Kier alpha value is -1.79. The topological polar surface area (TPSA) is 93.7 Å². The average molecular weight is 481 g/mol. The molecule has 0 spiro atoms. The normalized spacial score (nSPS) is 25.1. The molecule has 0 heterocycles. The Balaban J connectivity index is 1.41. The molecular formula is C27H48N2O5. The summed E-state index contributed by atoms with van der Waals surface area (Å²) < 4.78 is 11.0. The number of amides is 2. The van der Waals surface area contributed by atoms with Gasteiger partial charge in [-0.25, -0.2) is 10.2 Å². The lowest BCUT2D eigenvalue weighted by molar-refractivity contribution is -0.157. The second-order valence-corrected chi connectivity index (χ2v) is 12.1. The Morgan fingerprint density at radius 3 is 1.91 bits per heavy atom. The molecule has 2 bridgehead atoms. The van der Waals surface area contributed by atoms with Gasteiger partial charge in [0.2, 0.25) is 5.91 Å². The van der Waals surface area contributed by atoms with Gasteiger partial charge in [-0.15, -0.1) is 0 Å². The van der Waals surface area contributed by atoms with E-state index in [0.717, 1.165) is 57.8 Å². The van der Waals surface area contributed by atoms with Crippen LogP contribution in [-0.4, -0.2) is 29.7 Å². The minimum absolute atomic E-state index is 0.0194. The molecule has 7 heteroatoms. The first kappa shape index (κ1) is 28.4. The highest BCUT2D eigenvalue weighted by Gasteiger charge is 2.62. The van der Waals surface area contributed by atoms with Gasteiger partial charge in [0.15, 0.2) is 0 Å². The van der Waals surface area contributed by atoms with Crippen molar-refractivity contribution in [1.82, 2.24) is 10.9 Å². The number of carbonyl (C=O) groups excluding carboxylic acids is 3. The van der Waals surface area contributed by atoms with E-state index >= 15 is 0 Å². The largest absolute Gasteiger partial charge is 0.462 e. The minimum Gasteiger partial charge on any atom is -0.462 e. The van der Waals surface area contributed by atoms with Crippen molar-refractivity contribution in [3.05, 3.63) is 0 Å². The van der Waals surface area contributed by atoms with Crippen LogP contribution in [0.3, 0.4) is 0 Å². The number of hydrogen-bond acceptors (Lipinski definition) is 5. The SMILES string of the molecule is CC(C)(C)OC(=O)NNC(=O)CCCCCCCCCCC(=O)O[C@@H]1C[C@@H]2CC[C@@]1(C)C2(C)C. The fraction of sp³-hybridized carbons (Fsp3) is 0.889. The Bertz CT molecular complexity index is 700. The summed E-state index contributed by atoms with van der Waals surface area (Å²) >= 11 is 0. The fourth-order valence-electron chi connectivity index (χ4n) is 5.63. The van der Waals surface area contributed by atoms with Crippen molar-refractivity contribution in [3.63, 3.8) is 0 Å². The number of esters is 1. The summed E-state index contributed by atoms with van der Waals surface area (Å²) in [5.74, 6) is 0.466. The maximum Gasteiger partial charge on any atom is 0.426 e. The monoisotopic (exact) mass is 480 g/mol. The van der Waals surface area contributed by atoms with Crippen molar-refractivity contribution in [2.24, 2.45) is 16.7 Å². The molecule has 2 fully saturated rings. The number of carbonyl (C=O) groups is 3. The third-order valence-corrected chi connectivity index (χ3v) is 8.23. The molecule has 2 saturated carbocycles. The maximum atomic E-state index is 12.4. The van der Waals surface area contributed by atoms with Crippen molar-refractivity contribution < 1.29 is 23.9 Å². The van der Waals surface area contributed by atoms with Gasteiger partial charge in [0.1, 0.15) is 11.7 Å². The summed E-state index contributed by atoms with van der Waals surface area (Å²) in [6.45, 7) is 12.3. The zero-order valence-electron chi connectivity index (χ0n) is 22.4. The predicted molar refractivity (Wildman–Crippen MR) is 133 cm³/mol. The van der Waals surface area contributed by atoms with Gasteiger partial charge in [-0.1, -0.05) is 59.3 Å². The van der Waals surface area contributed by atoms with Crippen molar-refractivity contribution in [1.29, 1.82) is 0 Å². The van der Waals surface area contributed by atoms with Crippen LogP contribution >= 0.6 is 0 Å². The number of nitrogens with one attached hydrogen (secondary N) is 2. The highest BCUT2D eigenvalue weighted by atomic mass is 16.6. The molecule has 0 aromatic carbocycles. The van der Waals surface area contributed by atoms with Gasteiger partial charge in [-0.2, -0.15) is 0 Å². The third-order valence-electron chi connectivity index (χ3n) is 8.23. The molecule has 2 aliphatic rings. The van der Waals surface area contributed by atoms with Crippen LogP contribution in [0.1, 0.15) is 125 Å². The summed E-state index contributed by atoms with van der Waals surface area (Å²) in [4.78, 5) is 35.6. The number of unbranched alkanes of at least 4 members (excludes halogenated alkanes) is 7. The number of hydrogen-bond donors (Lipinski definition) is 2. The van der Waals surface area contributed by atoms with E-state index in [1.54, 1.807) is 20.8 Å². The number of hydrazine groups is 1. The average Bonchev–Trinajstić information content (AvgIpc) is 3.06. The minimum atomic E-state index is -0.655. The van der Waals surface area contributed by atoms with E-state index in [-0.39, 0.29) is 28.8 Å². The molecule has 34 heavy (non-hydrogen) atoms. The summed E-state index contributed by atoms with van der Waals surface area (Å²) in [5.41, 5.74) is 4.46. The van der Waals surface area contributed by atoms with Gasteiger partial charge in [-0.3, -0.25) is 15.0 Å². The quantitative estimate of drug-likeness (QED) is 0.197. The smallest absolute Gasteiger partial charge is 0.426 e. The lowest BCUT2D eigenvalue weighted by Crippen LogP contribution is -2.44. The lowest BCUT2D eigenvalue weighted by Gasteiger charge is -2.38. The fourth-order valence-corrected chi connectivity index (χ4v) is 5.63. The summed E-state index contributed by atoms with van der Waals surface area (Å²) in [5, 5.41) is 0. The Morgan fingerprint density at radius 2 is 1.41 bits per heavy atom.